The van der Waals surface area contributed by atoms with Crippen molar-refractivity contribution in [3.05, 3.63) is 77.6 Å². The normalized spacial score (nSPS) is 16.9. The van der Waals surface area contributed by atoms with Crippen LogP contribution in [0.4, 0.5) is 5.69 Å². The number of hydrogen-bond acceptors (Lipinski definition) is 5. The van der Waals surface area contributed by atoms with Gasteiger partial charge < -0.3 is 23.7 Å². The fourth-order valence-corrected chi connectivity index (χ4v) is 4.89. The molecule has 1 amide bonds. The van der Waals surface area contributed by atoms with Gasteiger partial charge in [0.05, 0.1) is 17.6 Å². The molecule has 0 spiro atoms. The Kier molecular flexibility index (Phi) is 5.70. The molecule has 2 aliphatic heterocycles. The highest BCUT2D eigenvalue weighted by molar-refractivity contribution is 6.30. The molecule has 1 saturated heterocycles. The quantitative estimate of drug-likeness (QED) is 0.325. The molecular formula is C27H24ClN3O4. The molecule has 4 aromatic rings. The molecule has 178 valence electrons. The van der Waals surface area contributed by atoms with Crippen LogP contribution in [0.5, 0.6) is 17.2 Å². The monoisotopic (exact) mass is 489 g/mol. The third-order valence-corrected chi connectivity index (χ3v) is 6.70. The number of imidazole rings is 1. The van der Waals surface area contributed by atoms with Crippen LogP contribution < -0.4 is 19.1 Å². The van der Waals surface area contributed by atoms with Gasteiger partial charge in [-0.05, 0) is 55.0 Å². The Balaban J connectivity index is 1.21. The van der Waals surface area contributed by atoms with Gasteiger partial charge in [-0.3, -0.25) is 4.79 Å². The van der Waals surface area contributed by atoms with Crippen molar-refractivity contribution in [1.29, 1.82) is 0 Å². The van der Waals surface area contributed by atoms with E-state index in [1.165, 1.54) is 0 Å². The molecule has 1 aromatic heterocycles. The van der Waals surface area contributed by atoms with Crippen molar-refractivity contribution in [2.45, 2.75) is 25.3 Å². The zero-order chi connectivity index (χ0) is 23.8. The van der Waals surface area contributed by atoms with Crippen molar-refractivity contribution in [2.24, 2.45) is 0 Å². The first kappa shape index (κ1) is 21.8. The molecule has 1 fully saturated rings. The maximum Gasteiger partial charge on any atom is 0.231 e. The summed E-state index contributed by atoms with van der Waals surface area (Å²) >= 11 is 5.96. The van der Waals surface area contributed by atoms with Gasteiger partial charge in [-0.15, -0.1) is 0 Å². The lowest BCUT2D eigenvalue weighted by atomic mass is 10.1. The van der Waals surface area contributed by atoms with Crippen molar-refractivity contribution in [1.82, 2.24) is 9.55 Å². The number of para-hydroxylation sites is 2. The average molecular weight is 490 g/mol. The zero-order valence-electron chi connectivity index (χ0n) is 19.0. The average Bonchev–Trinajstić information content (AvgIpc) is 3.59. The van der Waals surface area contributed by atoms with Crippen molar-refractivity contribution in [3.8, 4) is 17.2 Å². The lowest BCUT2D eigenvalue weighted by Gasteiger charge is -2.18. The predicted octanol–water partition coefficient (Wildman–Crippen LogP) is 5.41. The summed E-state index contributed by atoms with van der Waals surface area (Å²) in [6.07, 6.45) is 1.22. The fourth-order valence-electron chi connectivity index (χ4n) is 4.77. The first-order valence-electron chi connectivity index (χ1n) is 11.7. The maximum absolute atomic E-state index is 13.0. The number of fused-ring (bicyclic) bond motifs is 2. The van der Waals surface area contributed by atoms with Crippen LogP contribution in [0.25, 0.3) is 11.0 Å². The Labute approximate surface area is 207 Å². The molecule has 3 aromatic carbocycles. The van der Waals surface area contributed by atoms with Crippen LogP contribution in [-0.4, -0.2) is 35.4 Å². The number of benzene rings is 3. The molecule has 1 atom stereocenters. The predicted molar refractivity (Wildman–Crippen MR) is 134 cm³/mol. The standard InChI is InChI=1S/C27H24ClN3O4/c28-19-6-9-21(10-7-19)33-13-3-12-30-23-5-2-1-4-22(23)29-27(30)18-14-26(32)31(16-18)20-8-11-24-25(15-20)35-17-34-24/h1-2,4-11,15,18H,3,12-14,16-17H2. The smallest absolute Gasteiger partial charge is 0.231 e. The van der Waals surface area contributed by atoms with Gasteiger partial charge >= 0.3 is 0 Å². The summed E-state index contributed by atoms with van der Waals surface area (Å²) in [6, 6.07) is 21.1. The SMILES string of the molecule is O=C1CC(c2nc3ccccc3n2CCCOc2ccc(Cl)cc2)CN1c1ccc2c(c1)OCO2. The third kappa shape index (κ3) is 4.28. The molecule has 3 heterocycles. The molecule has 6 rings (SSSR count). The van der Waals surface area contributed by atoms with Gasteiger partial charge in [-0.1, -0.05) is 23.7 Å². The van der Waals surface area contributed by atoms with E-state index in [0.717, 1.165) is 41.3 Å². The minimum absolute atomic E-state index is 0.00231. The summed E-state index contributed by atoms with van der Waals surface area (Å²) in [5.41, 5.74) is 2.83. The molecule has 0 bridgehead atoms. The van der Waals surface area contributed by atoms with Gasteiger partial charge in [0, 0.05) is 42.2 Å². The molecule has 2 aliphatic rings. The molecule has 0 aliphatic carbocycles. The van der Waals surface area contributed by atoms with Gasteiger partial charge in [0.1, 0.15) is 11.6 Å². The molecule has 0 saturated carbocycles. The number of carbonyl (C=O) groups is 1. The number of hydrogen-bond donors (Lipinski definition) is 0. The van der Waals surface area contributed by atoms with Gasteiger partial charge in [-0.25, -0.2) is 4.98 Å². The van der Waals surface area contributed by atoms with Gasteiger partial charge in [0.15, 0.2) is 11.5 Å². The molecule has 8 heteroatoms. The number of anilines is 1. The van der Waals surface area contributed by atoms with Crippen molar-refractivity contribution in [2.75, 3.05) is 24.8 Å². The van der Waals surface area contributed by atoms with Gasteiger partial charge in [0.2, 0.25) is 12.7 Å². The van der Waals surface area contributed by atoms with E-state index in [1.807, 2.05) is 65.6 Å². The summed E-state index contributed by atoms with van der Waals surface area (Å²) in [5, 5.41) is 0.688. The summed E-state index contributed by atoms with van der Waals surface area (Å²) in [6.45, 7) is 2.10. The number of amides is 1. The van der Waals surface area contributed by atoms with Crippen LogP contribution in [-0.2, 0) is 11.3 Å². The number of rotatable bonds is 7. The van der Waals surface area contributed by atoms with Crippen LogP contribution >= 0.6 is 11.6 Å². The van der Waals surface area contributed by atoms with Crippen LogP contribution in [0.15, 0.2) is 66.7 Å². The summed E-state index contributed by atoms with van der Waals surface area (Å²) in [5.74, 6) is 3.20. The van der Waals surface area contributed by atoms with E-state index in [1.54, 1.807) is 0 Å². The lowest BCUT2D eigenvalue weighted by molar-refractivity contribution is -0.117. The highest BCUT2D eigenvalue weighted by Gasteiger charge is 2.35. The Hall–Kier alpha value is -3.71. The molecule has 1 unspecified atom stereocenters. The largest absolute Gasteiger partial charge is 0.494 e. The zero-order valence-corrected chi connectivity index (χ0v) is 19.8. The van der Waals surface area contributed by atoms with E-state index in [4.69, 9.17) is 30.8 Å². The van der Waals surface area contributed by atoms with E-state index in [0.29, 0.717) is 36.1 Å². The van der Waals surface area contributed by atoms with E-state index in [-0.39, 0.29) is 18.6 Å². The first-order chi connectivity index (χ1) is 17.2. The van der Waals surface area contributed by atoms with E-state index in [2.05, 4.69) is 10.6 Å². The van der Waals surface area contributed by atoms with E-state index < -0.39 is 0 Å². The number of halogens is 1. The fraction of sp³-hybridized carbons (Fsp3) is 0.259. The molecule has 0 N–H and O–H groups in total. The van der Waals surface area contributed by atoms with E-state index in [9.17, 15) is 4.79 Å². The maximum atomic E-state index is 13.0. The third-order valence-electron chi connectivity index (χ3n) is 6.45. The lowest BCUT2D eigenvalue weighted by Crippen LogP contribution is -2.24. The number of aromatic nitrogens is 2. The summed E-state index contributed by atoms with van der Waals surface area (Å²) in [7, 11) is 0. The highest BCUT2D eigenvalue weighted by Crippen LogP contribution is 2.39. The first-order valence-corrected chi connectivity index (χ1v) is 12.1. The Morgan fingerprint density at radius 3 is 2.74 bits per heavy atom. The van der Waals surface area contributed by atoms with E-state index >= 15 is 0 Å². The molecule has 7 nitrogen and oxygen atoms in total. The second-order valence-corrected chi connectivity index (χ2v) is 9.15. The topological polar surface area (TPSA) is 65.8 Å². The number of ether oxygens (including phenoxy) is 3. The van der Waals surface area contributed by atoms with Gasteiger partial charge in [0.25, 0.3) is 0 Å². The Bertz CT molecular complexity index is 1390. The second-order valence-electron chi connectivity index (χ2n) is 8.71. The summed E-state index contributed by atoms with van der Waals surface area (Å²) in [4.78, 5) is 19.8. The highest BCUT2D eigenvalue weighted by atomic mass is 35.5. The van der Waals surface area contributed by atoms with Gasteiger partial charge in [-0.2, -0.15) is 0 Å². The van der Waals surface area contributed by atoms with Crippen LogP contribution in [0, 0.1) is 0 Å². The van der Waals surface area contributed by atoms with Crippen molar-refractivity contribution in [3.63, 3.8) is 0 Å². The number of nitrogens with zero attached hydrogens (tertiary/aromatic N) is 3. The van der Waals surface area contributed by atoms with Crippen molar-refractivity contribution < 1.29 is 19.0 Å². The second kappa shape index (κ2) is 9.15. The Morgan fingerprint density at radius 1 is 1.03 bits per heavy atom. The Morgan fingerprint density at radius 2 is 1.86 bits per heavy atom. The number of aryl methyl sites for hydroxylation is 1. The number of carbonyl (C=O) groups excluding carboxylic acids is 1. The van der Waals surface area contributed by atoms with Crippen molar-refractivity contribution >= 4 is 34.2 Å². The summed E-state index contributed by atoms with van der Waals surface area (Å²) < 4.78 is 19.0. The van der Waals surface area contributed by atoms with Crippen LogP contribution in [0.2, 0.25) is 5.02 Å². The van der Waals surface area contributed by atoms with Crippen LogP contribution in [0.3, 0.4) is 0 Å². The minimum atomic E-state index is -0.00231. The molecule has 0 radical (unpaired) electrons. The van der Waals surface area contributed by atoms with Crippen LogP contribution in [0.1, 0.15) is 24.6 Å². The minimum Gasteiger partial charge on any atom is -0.494 e. The molecular weight excluding hydrogens is 466 g/mol. The molecule has 35 heavy (non-hydrogen) atoms.